The Morgan fingerprint density at radius 3 is 3.00 bits per heavy atom. The fraction of sp³-hybridized carbons (Fsp3) is 0.250. The zero-order valence-corrected chi connectivity index (χ0v) is 11.3. The summed E-state index contributed by atoms with van der Waals surface area (Å²) in [4.78, 5) is 11.5. The van der Waals surface area contributed by atoms with E-state index in [1.807, 2.05) is 18.2 Å². The number of amides is 1. The summed E-state index contributed by atoms with van der Waals surface area (Å²) in [6.45, 7) is 4.05. The molecule has 1 rings (SSSR count). The average Bonchev–Trinajstić information content (AvgIpc) is 2.29. The van der Waals surface area contributed by atoms with Crippen molar-refractivity contribution in [3.8, 4) is 5.75 Å². The van der Waals surface area contributed by atoms with E-state index in [2.05, 4.69) is 34.5 Å². The lowest BCUT2D eigenvalue weighted by atomic mass is 10.1. The molecule has 0 saturated heterocycles. The van der Waals surface area contributed by atoms with E-state index in [0.29, 0.717) is 13.0 Å². The molecule has 1 N–H and O–H groups in total. The van der Waals surface area contributed by atoms with Gasteiger partial charge >= 0.3 is 0 Å². The van der Waals surface area contributed by atoms with Gasteiger partial charge < -0.3 is 10.1 Å². The number of carbonyl (C=O) groups is 1. The van der Waals surface area contributed by atoms with Crippen LogP contribution in [0, 0.1) is 3.57 Å². The van der Waals surface area contributed by atoms with E-state index in [0.717, 1.165) is 14.9 Å². The molecule has 3 nitrogen and oxygen atoms in total. The van der Waals surface area contributed by atoms with Crippen LogP contribution in [0.3, 0.4) is 0 Å². The molecule has 0 aliphatic rings. The summed E-state index contributed by atoms with van der Waals surface area (Å²) in [6.07, 6.45) is 2.03. The zero-order valence-electron chi connectivity index (χ0n) is 9.13. The van der Waals surface area contributed by atoms with Gasteiger partial charge in [0.15, 0.2) is 0 Å². The SMILES string of the molecule is C=CCNC(=O)Cc1cc(OC)ccc1I. The first kappa shape index (κ1) is 13.0. The molecular weight excluding hydrogens is 317 g/mol. The minimum absolute atomic E-state index is 0.00827. The quantitative estimate of drug-likeness (QED) is 0.663. The lowest BCUT2D eigenvalue weighted by Crippen LogP contribution is -2.25. The molecule has 16 heavy (non-hydrogen) atoms. The molecule has 0 bridgehead atoms. The number of ether oxygens (including phenoxy) is 1. The van der Waals surface area contributed by atoms with E-state index in [-0.39, 0.29) is 5.91 Å². The molecule has 0 aliphatic carbocycles. The van der Waals surface area contributed by atoms with Crippen LogP contribution in [0.15, 0.2) is 30.9 Å². The van der Waals surface area contributed by atoms with E-state index in [1.165, 1.54) is 0 Å². The molecule has 0 radical (unpaired) electrons. The lowest BCUT2D eigenvalue weighted by Gasteiger charge is -2.07. The smallest absolute Gasteiger partial charge is 0.224 e. The Morgan fingerprint density at radius 1 is 1.62 bits per heavy atom. The molecule has 0 atom stereocenters. The van der Waals surface area contributed by atoms with Gasteiger partial charge in [-0.3, -0.25) is 4.79 Å². The summed E-state index contributed by atoms with van der Waals surface area (Å²) in [5.41, 5.74) is 0.974. The Hall–Kier alpha value is -1.04. The lowest BCUT2D eigenvalue weighted by molar-refractivity contribution is -0.120. The molecule has 0 spiro atoms. The van der Waals surface area contributed by atoms with Crippen molar-refractivity contribution in [2.45, 2.75) is 6.42 Å². The van der Waals surface area contributed by atoms with Crippen molar-refractivity contribution in [3.63, 3.8) is 0 Å². The highest BCUT2D eigenvalue weighted by Gasteiger charge is 2.07. The Bertz CT molecular complexity index is 391. The molecule has 0 saturated carbocycles. The van der Waals surface area contributed by atoms with Crippen LogP contribution in [0.1, 0.15) is 5.56 Å². The van der Waals surface area contributed by atoms with Crippen LogP contribution in [-0.2, 0) is 11.2 Å². The number of halogens is 1. The van der Waals surface area contributed by atoms with Crippen LogP contribution in [-0.4, -0.2) is 19.6 Å². The van der Waals surface area contributed by atoms with Gasteiger partial charge in [0.05, 0.1) is 13.5 Å². The Labute approximate surface area is 109 Å². The fourth-order valence-corrected chi connectivity index (χ4v) is 1.76. The maximum Gasteiger partial charge on any atom is 0.224 e. The molecule has 0 fully saturated rings. The Balaban J connectivity index is 2.71. The molecule has 0 unspecified atom stereocenters. The number of hydrogen-bond acceptors (Lipinski definition) is 2. The van der Waals surface area contributed by atoms with Crippen molar-refractivity contribution in [3.05, 3.63) is 40.0 Å². The average molecular weight is 331 g/mol. The number of hydrogen-bond donors (Lipinski definition) is 1. The number of rotatable bonds is 5. The summed E-state index contributed by atoms with van der Waals surface area (Å²) in [6, 6.07) is 5.71. The molecule has 0 heterocycles. The van der Waals surface area contributed by atoms with Crippen molar-refractivity contribution in [1.29, 1.82) is 0 Å². The van der Waals surface area contributed by atoms with Gasteiger partial charge in [-0.15, -0.1) is 6.58 Å². The molecule has 4 heteroatoms. The van der Waals surface area contributed by atoms with Gasteiger partial charge in [-0.05, 0) is 46.4 Å². The van der Waals surface area contributed by atoms with Crippen molar-refractivity contribution in [1.82, 2.24) is 5.32 Å². The van der Waals surface area contributed by atoms with Crippen LogP contribution in [0.25, 0.3) is 0 Å². The molecular formula is C12H14INO2. The monoisotopic (exact) mass is 331 g/mol. The summed E-state index contributed by atoms with van der Waals surface area (Å²) >= 11 is 2.21. The van der Waals surface area contributed by atoms with Crippen molar-refractivity contribution in [2.75, 3.05) is 13.7 Å². The minimum Gasteiger partial charge on any atom is -0.497 e. The second kappa shape index (κ2) is 6.52. The van der Waals surface area contributed by atoms with Gasteiger partial charge in [-0.2, -0.15) is 0 Å². The molecule has 1 amide bonds. The highest BCUT2D eigenvalue weighted by molar-refractivity contribution is 14.1. The molecule has 86 valence electrons. The Morgan fingerprint density at radius 2 is 2.38 bits per heavy atom. The van der Waals surface area contributed by atoms with Crippen molar-refractivity contribution in [2.24, 2.45) is 0 Å². The highest BCUT2D eigenvalue weighted by atomic mass is 127. The number of benzene rings is 1. The largest absolute Gasteiger partial charge is 0.497 e. The second-order valence-corrected chi connectivity index (χ2v) is 4.39. The maximum absolute atomic E-state index is 11.5. The van der Waals surface area contributed by atoms with E-state index in [1.54, 1.807) is 13.2 Å². The third kappa shape index (κ3) is 3.84. The molecule has 1 aromatic rings. The minimum atomic E-state index is -0.00827. The van der Waals surface area contributed by atoms with Gasteiger partial charge in [-0.25, -0.2) is 0 Å². The normalized spacial score (nSPS) is 9.62. The van der Waals surface area contributed by atoms with Crippen molar-refractivity contribution < 1.29 is 9.53 Å². The summed E-state index contributed by atoms with van der Waals surface area (Å²) in [5, 5.41) is 2.74. The van der Waals surface area contributed by atoms with E-state index in [4.69, 9.17) is 4.74 Å². The van der Waals surface area contributed by atoms with Crippen LogP contribution >= 0.6 is 22.6 Å². The highest BCUT2D eigenvalue weighted by Crippen LogP contribution is 2.19. The number of methoxy groups -OCH3 is 1. The zero-order chi connectivity index (χ0) is 12.0. The van der Waals surface area contributed by atoms with Gasteiger partial charge in [0.25, 0.3) is 0 Å². The summed E-state index contributed by atoms with van der Waals surface area (Å²) < 4.78 is 6.18. The Kier molecular flexibility index (Phi) is 5.31. The summed E-state index contributed by atoms with van der Waals surface area (Å²) in [7, 11) is 1.61. The molecule has 1 aromatic carbocycles. The third-order valence-electron chi connectivity index (χ3n) is 2.05. The first-order valence-corrected chi connectivity index (χ1v) is 5.95. The summed E-state index contributed by atoms with van der Waals surface area (Å²) in [5.74, 6) is 0.762. The van der Waals surface area contributed by atoms with E-state index >= 15 is 0 Å². The fourth-order valence-electron chi connectivity index (χ4n) is 1.24. The first-order chi connectivity index (χ1) is 7.67. The predicted octanol–water partition coefficient (Wildman–Crippen LogP) is 2.14. The van der Waals surface area contributed by atoms with Crippen LogP contribution in [0.2, 0.25) is 0 Å². The number of nitrogens with one attached hydrogen (secondary N) is 1. The molecule has 0 aromatic heterocycles. The van der Waals surface area contributed by atoms with Gasteiger partial charge in [0.2, 0.25) is 5.91 Å². The van der Waals surface area contributed by atoms with E-state index < -0.39 is 0 Å². The van der Waals surface area contributed by atoms with Gasteiger partial charge in [0.1, 0.15) is 5.75 Å². The topological polar surface area (TPSA) is 38.3 Å². The van der Waals surface area contributed by atoms with Crippen LogP contribution < -0.4 is 10.1 Å². The van der Waals surface area contributed by atoms with Crippen molar-refractivity contribution >= 4 is 28.5 Å². The van der Waals surface area contributed by atoms with Gasteiger partial charge in [0, 0.05) is 10.1 Å². The third-order valence-corrected chi connectivity index (χ3v) is 3.10. The van der Waals surface area contributed by atoms with Crippen LogP contribution in [0.5, 0.6) is 5.75 Å². The second-order valence-electron chi connectivity index (χ2n) is 3.23. The first-order valence-electron chi connectivity index (χ1n) is 4.87. The van der Waals surface area contributed by atoms with Crippen LogP contribution in [0.4, 0.5) is 0 Å². The van der Waals surface area contributed by atoms with Gasteiger partial charge in [-0.1, -0.05) is 6.08 Å². The molecule has 0 aliphatic heterocycles. The maximum atomic E-state index is 11.5. The standard InChI is InChI=1S/C12H14INO2/c1-3-6-14-12(15)8-9-7-10(16-2)4-5-11(9)13/h3-5,7H,1,6,8H2,2H3,(H,14,15). The number of carbonyl (C=O) groups excluding carboxylic acids is 1. The predicted molar refractivity (Wildman–Crippen MR) is 72.6 cm³/mol. The van der Waals surface area contributed by atoms with E-state index in [9.17, 15) is 4.79 Å².